The number of rotatable bonds is 3. The summed E-state index contributed by atoms with van der Waals surface area (Å²) in [7, 11) is 0. The highest BCUT2D eigenvalue weighted by Gasteiger charge is 2.30. The molecule has 0 spiro atoms. The van der Waals surface area contributed by atoms with E-state index in [4.69, 9.17) is 4.74 Å². The zero-order valence-corrected chi connectivity index (χ0v) is 14.7. The Morgan fingerprint density at radius 2 is 1.83 bits per heavy atom. The second kappa shape index (κ2) is 7.30. The van der Waals surface area contributed by atoms with Gasteiger partial charge in [-0.1, -0.05) is 0 Å². The third kappa shape index (κ3) is 5.03. The topological polar surface area (TPSA) is 49.9 Å². The summed E-state index contributed by atoms with van der Waals surface area (Å²) in [6.45, 7) is 9.40. The molecular formula is C18H25FN2O3. The van der Waals surface area contributed by atoms with E-state index >= 15 is 0 Å². The molecule has 1 amide bonds. The van der Waals surface area contributed by atoms with E-state index in [2.05, 4.69) is 0 Å². The molecule has 6 heteroatoms. The van der Waals surface area contributed by atoms with Gasteiger partial charge in [0.05, 0.1) is 6.54 Å². The van der Waals surface area contributed by atoms with Crippen molar-refractivity contribution in [3.05, 3.63) is 35.6 Å². The molecule has 0 N–H and O–H groups in total. The van der Waals surface area contributed by atoms with Crippen molar-refractivity contribution in [2.75, 3.05) is 26.2 Å². The first-order valence-corrected chi connectivity index (χ1v) is 8.16. The van der Waals surface area contributed by atoms with Gasteiger partial charge in [-0.05, 0) is 52.0 Å². The summed E-state index contributed by atoms with van der Waals surface area (Å²) in [5.41, 5.74) is -0.0195. The molecule has 5 nitrogen and oxygen atoms in total. The maximum Gasteiger partial charge on any atom is 0.410 e. The first-order valence-electron chi connectivity index (χ1n) is 8.16. The second-order valence-corrected chi connectivity index (χ2v) is 7.18. The molecule has 1 heterocycles. The maximum atomic E-state index is 12.9. The molecule has 1 atom stereocenters. The van der Waals surface area contributed by atoms with E-state index < -0.39 is 5.60 Å². The van der Waals surface area contributed by atoms with Crippen LogP contribution in [0.25, 0.3) is 0 Å². The number of piperazine rings is 1. The minimum Gasteiger partial charge on any atom is -0.444 e. The molecule has 1 aliphatic rings. The number of nitrogens with zero attached hydrogens (tertiary/aromatic N) is 2. The molecule has 0 aromatic heterocycles. The molecule has 2 rings (SSSR count). The predicted molar refractivity (Wildman–Crippen MR) is 89.6 cm³/mol. The van der Waals surface area contributed by atoms with Gasteiger partial charge >= 0.3 is 6.09 Å². The summed E-state index contributed by atoms with van der Waals surface area (Å²) >= 11 is 0. The van der Waals surface area contributed by atoms with Crippen LogP contribution in [0.1, 0.15) is 38.1 Å². The van der Waals surface area contributed by atoms with E-state index in [-0.39, 0.29) is 30.3 Å². The van der Waals surface area contributed by atoms with Gasteiger partial charge in [0.1, 0.15) is 11.4 Å². The van der Waals surface area contributed by atoms with E-state index in [1.54, 1.807) is 4.90 Å². The van der Waals surface area contributed by atoms with Crippen LogP contribution in [0.2, 0.25) is 0 Å². The largest absolute Gasteiger partial charge is 0.444 e. The Morgan fingerprint density at radius 3 is 2.38 bits per heavy atom. The Bertz CT molecular complexity index is 595. The molecule has 1 fully saturated rings. The normalized spacial score (nSPS) is 19.2. The second-order valence-electron chi connectivity index (χ2n) is 7.18. The van der Waals surface area contributed by atoms with Gasteiger partial charge in [-0.3, -0.25) is 9.69 Å². The summed E-state index contributed by atoms with van der Waals surface area (Å²) in [4.78, 5) is 28.1. The van der Waals surface area contributed by atoms with Crippen LogP contribution in [0.15, 0.2) is 24.3 Å². The summed E-state index contributed by atoms with van der Waals surface area (Å²) in [6.07, 6.45) is -0.320. The number of amides is 1. The van der Waals surface area contributed by atoms with Crippen LogP contribution in [-0.4, -0.2) is 59.5 Å². The highest BCUT2D eigenvalue weighted by molar-refractivity contribution is 5.97. The van der Waals surface area contributed by atoms with Gasteiger partial charge in [-0.15, -0.1) is 0 Å². The summed E-state index contributed by atoms with van der Waals surface area (Å²) in [5, 5.41) is 0. The monoisotopic (exact) mass is 336 g/mol. The molecule has 0 bridgehead atoms. The Morgan fingerprint density at radius 1 is 1.21 bits per heavy atom. The fraction of sp³-hybridized carbons (Fsp3) is 0.556. The fourth-order valence-electron chi connectivity index (χ4n) is 2.63. The number of carbonyl (C=O) groups excluding carboxylic acids is 2. The lowest BCUT2D eigenvalue weighted by Gasteiger charge is -2.39. The van der Waals surface area contributed by atoms with Crippen molar-refractivity contribution in [3.63, 3.8) is 0 Å². The van der Waals surface area contributed by atoms with Crippen LogP contribution >= 0.6 is 0 Å². The molecule has 1 aromatic rings. The van der Waals surface area contributed by atoms with Crippen LogP contribution in [-0.2, 0) is 4.74 Å². The number of benzene rings is 1. The lowest BCUT2D eigenvalue weighted by atomic mass is 10.1. The fourth-order valence-corrected chi connectivity index (χ4v) is 2.63. The summed E-state index contributed by atoms with van der Waals surface area (Å²) in [5.74, 6) is -0.404. The van der Waals surface area contributed by atoms with Crippen LogP contribution in [0.3, 0.4) is 0 Å². The van der Waals surface area contributed by atoms with Gasteiger partial charge < -0.3 is 9.64 Å². The van der Waals surface area contributed by atoms with E-state index in [1.165, 1.54) is 24.3 Å². The Kier molecular flexibility index (Phi) is 5.59. The van der Waals surface area contributed by atoms with Gasteiger partial charge in [0, 0.05) is 31.2 Å². The number of hydrogen-bond acceptors (Lipinski definition) is 4. The highest BCUT2D eigenvalue weighted by Crippen LogP contribution is 2.15. The van der Waals surface area contributed by atoms with E-state index in [9.17, 15) is 14.0 Å². The number of Topliss-reactive ketones (excluding diaryl/α,β-unsaturated/α-hetero) is 1. The quantitative estimate of drug-likeness (QED) is 0.797. The third-order valence-corrected chi connectivity index (χ3v) is 3.93. The molecule has 1 aromatic carbocycles. The number of carbonyl (C=O) groups is 2. The number of hydrogen-bond donors (Lipinski definition) is 0. The van der Waals surface area contributed by atoms with Crippen LogP contribution < -0.4 is 0 Å². The summed E-state index contributed by atoms with van der Waals surface area (Å²) < 4.78 is 18.3. The van der Waals surface area contributed by atoms with Gasteiger partial charge in [-0.2, -0.15) is 0 Å². The lowest BCUT2D eigenvalue weighted by Crippen LogP contribution is -2.55. The highest BCUT2D eigenvalue weighted by atomic mass is 19.1. The smallest absolute Gasteiger partial charge is 0.410 e. The van der Waals surface area contributed by atoms with Crippen molar-refractivity contribution >= 4 is 11.9 Å². The lowest BCUT2D eigenvalue weighted by molar-refractivity contribution is 0.00658. The summed E-state index contributed by atoms with van der Waals surface area (Å²) in [6, 6.07) is 5.63. The first kappa shape index (κ1) is 18.4. The van der Waals surface area contributed by atoms with Crippen molar-refractivity contribution in [2.45, 2.75) is 39.3 Å². The van der Waals surface area contributed by atoms with Gasteiger partial charge in [-0.25, -0.2) is 9.18 Å². The van der Waals surface area contributed by atoms with E-state index in [0.717, 1.165) is 0 Å². The molecule has 132 valence electrons. The zero-order chi connectivity index (χ0) is 17.9. The molecule has 1 aliphatic heterocycles. The Hall–Kier alpha value is -1.95. The van der Waals surface area contributed by atoms with Crippen molar-refractivity contribution < 1.29 is 18.7 Å². The van der Waals surface area contributed by atoms with Gasteiger partial charge in [0.15, 0.2) is 5.78 Å². The van der Waals surface area contributed by atoms with Crippen molar-refractivity contribution in [1.82, 2.24) is 9.80 Å². The number of halogens is 1. The van der Waals surface area contributed by atoms with Crippen molar-refractivity contribution in [3.8, 4) is 0 Å². The zero-order valence-electron chi connectivity index (χ0n) is 14.7. The predicted octanol–water partition coefficient (Wildman–Crippen LogP) is 2.95. The molecular weight excluding hydrogens is 311 g/mol. The van der Waals surface area contributed by atoms with Crippen LogP contribution in [0.5, 0.6) is 0 Å². The standard InChI is InChI=1S/C18H25FN2O3/c1-13-11-21(17(23)24-18(2,3)4)10-9-20(13)12-16(22)14-5-7-15(19)8-6-14/h5-8,13H,9-12H2,1-4H3. The van der Waals surface area contributed by atoms with E-state index in [0.29, 0.717) is 25.2 Å². The average Bonchev–Trinajstić information content (AvgIpc) is 2.48. The average molecular weight is 336 g/mol. The van der Waals surface area contributed by atoms with Crippen LogP contribution in [0.4, 0.5) is 9.18 Å². The molecule has 0 aliphatic carbocycles. The molecule has 1 unspecified atom stereocenters. The van der Waals surface area contributed by atoms with Gasteiger partial charge in [0.25, 0.3) is 0 Å². The SMILES string of the molecule is CC1CN(C(=O)OC(C)(C)C)CCN1CC(=O)c1ccc(F)cc1. The van der Waals surface area contributed by atoms with Crippen molar-refractivity contribution in [1.29, 1.82) is 0 Å². The Balaban J connectivity index is 1.90. The first-order chi connectivity index (χ1) is 11.2. The van der Waals surface area contributed by atoms with Gasteiger partial charge in [0.2, 0.25) is 0 Å². The molecule has 24 heavy (non-hydrogen) atoms. The molecule has 0 radical (unpaired) electrons. The van der Waals surface area contributed by atoms with Crippen LogP contribution in [0, 0.1) is 5.82 Å². The maximum absolute atomic E-state index is 12.9. The minimum absolute atomic E-state index is 0.0485. The Labute approximate surface area is 142 Å². The molecule has 0 saturated carbocycles. The third-order valence-electron chi connectivity index (χ3n) is 3.93. The molecule has 1 saturated heterocycles. The number of ketones is 1. The van der Waals surface area contributed by atoms with E-state index in [1.807, 2.05) is 32.6 Å². The number of ether oxygens (including phenoxy) is 1. The van der Waals surface area contributed by atoms with Crippen molar-refractivity contribution in [2.24, 2.45) is 0 Å². The minimum atomic E-state index is -0.518.